The van der Waals surface area contributed by atoms with Gasteiger partial charge in [0.2, 0.25) is 0 Å². The fourth-order valence-electron chi connectivity index (χ4n) is 1.89. The van der Waals surface area contributed by atoms with E-state index in [0.29, 0.717) is 0 Å². The van der Waals surface area contributed by atoms with Crippen LogP contribution in [0.3, 0.4) is 0 Å². The molecular weight excluding hydrogens is 192 g/mol. The quantitative estimate of drug-likeness (QED) is 0.699. The van der Waals surface area contributed by atoms with Crippen molar-refractivity contribution in [1.82, 2.24) is 5.32 Å². The van der Waals surface area contributed by atoms with Crippen molar-refractivity contribution in [3.63, 3.8) is 0 Å². The Labute approximate surface area is 91.5 Å². The summed E-state index contributed by atoms with van der Waals surface area (Å²) in [5.74, 6) is 0. The number of hydrogen-bond acceptors (Lipinski definition) is 3. The third kappa shape index (κ3) is 3.38. The summed E-state index contributed by atoms with van der Waals surface area (Å²) in [7, 11) is 0. The predicted octanol–water partition coefficient (Wildman–Crippen LogP) is 1.78. The number of ether oxygens (including phenoxy) is 1. The number of nitrogens with two attached hydrogens (primary N) is 1. The van der Waals surface area contributed by atoms with Gasteiger partial charge in [-0.1, -0.05) is 0 Å². The third-order valence-electron chi connectivity index (χ3n) is 2.82. The first-order chi connectivity index (χ1) is 6.73. The van der Waals surface area contributed by atoms with Gasteiger partial charge in [-0.3, -0.25) is 0 Å². The maximum Gasteiger partial charge on any atom is 0.408 e. The zero-order valence-corrected chi connectivity index (χ0v) is 10.1. The van der Waals surface area contributed by atoms with E-state index in [1.807, 2.05) is 27.7 Å². The standard InChI is InChI=1S/C11H22N2O2/c1-10(2,3)15-9(14)13-11(4)7-5-6-8(11)12/h8H,5-7,12H2,1-4H3,(H,13,14). The molecule has 0 bridgehead atoms. The highest BCUT2D eigenvalue weighted by Gasteiger charge is 2.38. The van der Waals surface area contributed by atoms with Gasteiger partial charge in [0.15, 0.2) is 0 Å². The predicted molar refractivity (Wildman–Crippen MR) is 59.6 cm³/mol. The molecule has 0 aromatic heterocycles. The first-order valence-electron chi connectivity index (χ1n) is 5.50. The highest BCUT2D eigenvalue weighted by Crippen LogP contribution is 2.28. The van der Waals surface area contributed by atoms with Crippen LogP contribution in [0.25, 0.3) is 0 Å². The van der Waals surface area contributed by atoms with E-state index in [0.717, 1.165) is 19.3 Å². The Balaban J connectivity index is 2.51. The Morgan fingerprint density at radius 1 is 1.53 bits per heavy atom. The number of nitrogens with one attached hydrogen (secondary N) is 1. The highest BCUT2D eigenvalue weighted by atomic mass is 16.6. The van der Waals surface area contributed by atoms with Crippen molar-refractivity contribution < 1.29 is 9.53 Å². The van der Waals surface area contributed by atoms with Crippen molar-refractivity contribution in [3.05, 3.63) is 0 Å². The van der Waals surface area contributed by atoms with E-state index in [1.165, 1.54) is 0 Å². The van der Waals surface area contributed by atoms with Crippen molar-refractivity contribution in [3.8, 4) is 0 Å². The van der Waals surface area contributed by atoms with E-state index >= 15 is 0 Å². The van der Waals surface area contributed by atoms with Crippen LogP contribution < -0.4 is 11.1 Å². The van der Waals surface area contributed by atoms with Crippen molar-refractivity contribution >= 4 is 6.09 Å². The molecule has 1 amide bonds. The van der Waals surface area contributed by atoms with E-state index in [9.17, 15) is 4.79 Å². The zero-order chi connectivity index (χ0) is 11.7. The lowest BCUT2D eigenvalue weighted by atomic mass is 9.97. The van der Waals surface area contributed by atoms with Gasteiger partial charge >= 0.3 is 6.09 Å². The molecule has 1 fully saturated rings. The van der Waals surface area contributed by atoms with Crippen LogP contribution in [0.5, 0.6) is 0 Å². The van der Waals surface area contributed by atoms with Crippen LogP contribution in [0.4, 0.5) is 4.79 Å². The fourth-order valence-corrected chi connectivity index (χ4v) is 1.89. The van der Waals surface area contributed by atoms with Gasteiger partial charge in [-0.15, -0.1) is 0 Å². The second-order valence-electron chi connectivity index (χ2n) is 5.54. The molecule has 0 radical (unpaired) electrons. The normalized spacial score (nSPS) is 31.4. The van der Waals surface area contributed by atoms with Crippen LogP contribution in [0, 0.1) is 0 Å². The number of amides is 1. The van der Waals surface area contributed by atoms with Gasteiger partial charge in [0.05, 0.1) is 5.54 Å². The maximum absolute atomic E-state index is 11.6. The van der Waals surface area contributed by atoms with E-state index in [-0.39, 0.29) is 17.7 Å². The summed E-state index contributed by atoms with van der Waals surface area (Å²) in [5, 5.41) is 2.88. The van der Waals surface area contributed by atoms with E-state index in [4.69, 9.17) is 10.5 Å². The van der Waals surface area contributed by atoms with Gasteiger partial charge in [0, 0.05) is 6.04 Å². The summed E-state index contributed by atoms with van der Waals surface area (Å²) < 4.78 is 5.21. The highest BCUT2D eigenvalue weighted by molar-refractivity contribution is 5.69. The molecule has 0 spiro atoms. The molecule has 2 atom stereocenters. The average molecular weight is 214 g/mol. The number of alkyl carbamates (subject to hydrolysis) is 1. The zero-order valence-electron chi connectivity index (χ0n) is 10.1. The van der Waals surface area contributed by atoms with E-state index in [2.05, 4.69) is 5.32 Å². The smallest absolute Gasteiger partial charge is 0.408 e. The van der Waals surface area contributed by atoms with Gasteiger partial charge in [0.25, 0.3) is 0 Å². The number of rotatable bonds is 1. The lowest BCUT2D eigenvalue weighted by Crippen LogP contribution is -2.55. The molecule has 0 aromatic rings. The second-order valence-corrected chi connectivity index (χ2v) is 5.54. The van der Waals surface area contributed by atoms with Crippen LogP contribution >= 0.6 is 0 Å². The minimum absolute atomic E-state index is 0.0324. The summed E-state index contributed by atoms with van der Waals surface area (Å²) in [6.07, 6.45) is 2.58. The Bertz CT molecular complexity index is 247. The SMILES string of the molecule is CC(C)(C)OC(=O)NC1(C)CCCC1N. The average Bonchev–Trinajstić information content (AvgIpc) is 2.27. The molecule has 0 aliphatic heterocycles. The molecule has 1 aliphatic carbocycles. The van der Waals surface area contributed by atoms with Crippen molar-refractivity contribution in [2.75, 3.05) is 0 Å². The topological polar surface area (TPSA) is 64.3 Å². The minimum Gasteiger partial charge on any atom is -0.444 e. The number of hydrogen-bond donors (Lipinski definition) is 2. The molecule has 0 heterocycles. The van der Waals surface area contributed by atoms with E-state index < -0.39 is 5.60 Å². The molecule has 3 N–H and O–H groups in total. The Morgan fingerprint density at radius 3 is 2.53 bits per heavy atom. The lowest BCUT2D eigenvalue weighted by molar-refractivity contribution is 0.0457. The lowest BCUT2D eigenvalue weighted by Gasteiger charge is -2.31. The van der Waals surface area contributed by atoms with E-state index in [1.54, 1.807) is 0 Å². The Kier molecular flexibility index (Phi) is 3.28. The minimum atomic E-state index is -0.455. The Hall–Kier alpha value is -0.770. The van der Waals surface area contributed by atoms with Crippen LogP contribution in [0.15, 0.2) is 0 Å². The summed E-state index contributed by atoms with van der Waals surface area (Å²) in [5.41, 5.74) is 5.20. The van der Waals surface area contributed by atoms with Crippen LogP contribution in [0.2, 0.25) is 0 Å². The van der Waals surface area contributed by atoms with Gasteiger partial charge < -0.3 is 15.8 Å². The van der Waals surface area contributed by atoms with Gasteiger partial charge in [0.1, 0.15) is 5.60 Å². The molecule has 4 heteroatoms. The van der Waals surface area contributed by atoms with Crippen molar-refractivity contribution in [1.29, 1.82) is 0 Å². The third-order valence-corrected chi connectivity index (χ3v) is 2.82. The number of carbonyl (C=O) groups is 1. The molecule has 15 heavy (non-hydrogen) atoms. The molecular formula is C11H22N2O2. The van der Waals surface area contributed by atoms with Gasteiger partial charge in [-0.05, 0) is 47.0 Å². The first kappa shape index (κ1) is 12.3. The molecule has 1 aliphatic rings. The number of carbonyl (C=O) groups excluding carboxylic acids is 1. The maximum atomic E-state index is 11.6. The summed E-state index contributed by atoms with van der Waals surface area (Å²) in [6.45, 7) is 7.53. The molecule has 0 aromatic carbocycles. The molecule has 4 nitrogen and oxygen atoms in total. The summed E-state index contributed by atoms with van der Waals surface area (Å²) >= 11 is 0. The monoisotopic (exact) mass is 214 g/mol. The first-order valence-corrected chi connectivity index (χ1v) is 5.50. The van der Waals surface area contributed by atoms with Gasteiger partial charge in [-0.2, -0.15) is 0 Å². The van der Waals surface area contributed by atoms with Crippen LogP contribution in [-0.2, 0) is 4.74 Å². The Morgan fingerprint density at radius 2 is 2.13 bits per heavy atom. The van der Waals surface area contributed by atoms with Gasteiger partial charge in [-0.25, -0.2) is 4.79 Å². The summed E-state index contributed by atoms with van der Waals surface area (Å²) in [4.78, 5) is 11.6. The van der Waals surface area contributed by atoms with Crippen LogP contribution in [0.1, 0.15) is 47.0 Å². The molecule has 88 valence electrons. The van der Waals surface area contributed by atoms with Crippen LogP contribution in [-0.4, -0.2) is 23.3 Å². The molecule has 1 saturated carbocycles. The molecule has 0 saturated heterocycles. The van der Waals surface area contributed by atoms with Crippen molar-refractivity contribution in [2.45, 2.75) is 64.1 Å². The van der Waals surface area contributed by atoms with Crippen molar-refractivity contribution in [2.24, 2.45) is 5.73 Å². The molecule has 2 unspecified atom stereocenters. The summed E-state index contributed by atoms with van der Waals surface area (Å²) in [6, 6.07) is 0.0324. The molecule has 1 rings (SSSR count). The largest absolute Gasteiger partial charge is 0.444 e. The second kappa shape index (κ2) is 4.00. The fraction of sp³-hybridized carbons (Fsp3) is 0.909.